The van der Waals surface area contributed by atoms with Gasteiger partial charge in [0.2, 0.25) is 0 Å². The highest BCUT2D eigenvalue weighted by Crippen LogP contribution is 2.31. The lowest BCUT2D eigenvalue weighted by Crippen LogP contribution is -2.39. The summed E-state index contributed by atoms with van der Waals surface area (Å²) >= 11 is 0. The molecule has 3 aromatic rings. The molecule has 1 fully saturated rings. The fourth-order valence-electron chi connectivity index (χ4n) is 4.06. The van der Waals surface area contributed by atoms with Gasteiger partial charge in [-0.05, 0) is 35.7 Å². The Morgan fingerprint density at radius 2 is 1.24 bits per heavy atom. The lowest BCUT2D eigenvalue weighted by atomic mass is 10.0. The molecule has 0 N–H and O–H groups in total. The van der Waals surface area contributed by atoms with E-state index in [1.165, 1.54) is 0 Å². The normalized spacial score (nSPS) is 22.4. The summed E-state index contributed by atoms with van der Waals surface area (Å²) in [4.78, 5) is 0. The van der Waals surface area contributed by atoms with Crippen molar-refractivity contribution < 1.29 is 23.7 Å². The van der Waals surface area contributed by atoms with E-state index in [0.717, 1.165) is 22.4 Å². The second-order valence-electron chi connectivity index (χ2n) is 8.07. The molecule has 5 heteroatoms. The Labute approximate surface area is 196 Å². The smallest absolute Gasteiger partial charge is 0.186 e. The van der Waals surface area contributed by atoms with Crippen LogP contribution in [0.5, 0.6) is 5.75 Å². The van der Waals surface area contributed by atoms with E-state index in [9.17, 15) is 0 Å². The van der Waals surface area contributed by atoms with Crippen LogP contribution in [0.3, 0.4) is 0 Å². The van der Waals surface area contributed by atoms with Crippen molar-refractivity contribution in [3.05, 3.63) is 102 Å². The molecule has 4 atom stereocenters. The van der Waals surface area contributed by atoms with Crippen molar-refractivity contribution in [1.82, 2.24) is 0 Å². The van der Waals surface area contributed by atoms with Crippen LogP contribution in [0.15, 0.2) is 84.9 Å². The van der Waals surface area contributed by atoms with Gasteiger partial charge in [0, 0.05) is 13.0 Å². The van der Waals surface area contributed by atoms with Crippen LogP contribution in [-0.2, 0) is 38.6 Å². The summed E-state index contributed by atoms with van der Waals surface area (Å²) in [6.07, 6.45) is -0.593. The quantitative estimate of drug-likeness (QED) is 0.405. The van der Waals surface area contributed by atoms with E-state index in [1.807, 2.05) is 55.5 Å². The van der Waals surface area contributed by atoms with Gasteiger partial charge in [0.05, 0.1) is 26.4 Å². The van der Waals surface area contributed by atoms with Gasteiger partial charge in [-0.3, -0.25) is 0 Å². The molecule has 4 rings (SSSR count). The third-order valence-electron chi connectivity index (χ3n) is 5.76. The van der Waals surface area contributed by atoms with Crippen molar-refractivity contribution in [3.63, 3.8) is 0 Å². The van der Waals surface area contributed by atoms with Crippen LogP contribution in [0.2, 0.25) is 0 Å². The molecule has 0 radical (unpaired) electrons. The van der Waals surface area contributed by atoms with Crippen LogP contribution in [0.25, 0.3) is 0 Å². The van der Waals surface area contributed by atoms with E-state index in [2.05, 4.69) is 36.4 Å². The van der Waals surface area contributed by atoms with Crippen molar-refractivity contribution >= 4 is 0 Å². The van der Waals surface area contributed by atoms with Crippen LogP contribution in [0, 0.1) is 0 Å². The van der Waals surface area contributed by atoms with Gasteiger partial charge in [-0.15, -0.1) is 0 Å². The number of methoxy groups -OCH3 is 1. The molecule has 1 saturated heterocycles. The summed E-state index contributed by atoms with van der Waals surface area (Å²) in [6.45, 7) is 3.46. The second-order valence-corrected chi connectivity index (χ2v) is 8.07. The standard InChI is InChI=1S/C28H32O5/c1-3-30-28-27(32-20-23-12-8-5-9-13-23)26(31-19-22-10-6-4-7-11-22)25(33-28)18-21-14-16-24(29-2)17-15-21/h4-17,25-28H,3,18-20H2,1-2H3/t25-,26-,27+,28+/m0/s1. The summed E-state index contributed by atoms with van der Waals surface area (Å²) in [5.41, 5.74) is 3.36. The molecule has 0 amide bonds. The first-order valence-corrected chi connectivity index (χ1v) is 11.5. The van der Waals surface area contributed by atoms with Gasteiger partial charge < -0.3 is 23.7 Å². The van der Waals surface area contributed by atoms with E-state index >= 15 is 0 Å². The topological polar surface area (TPSA) is 46.2 Å². The monoisotopic (exact) mass is 448 g/mol. The maximum atomic E-state index is 6.44. The zero-order valence-electron chi connectivity index (χ0n) is 19.3. The van der Waals surface area contributed by atoms with Crippen LogP contribution in [0.4, 0.5) is 0 Å². The molecule has 0 spiro atoms. The molecule has 5 nitrogen and oxygen atoms in total. The Morgan fingerprint density at radius 1 is 0.667 bits per heavy atom. The molecule has 1 aliphatic heterocycles. The van der Waals surface area contributed by atoms with Crippen molar-refractivity contribution in [2.45, 2.75) is 51.2 Å². The number of hydrogen-bond acceptors (Lipinski definition) is 5. The predicted octanol–water partition coefficient (Wildman–Crippen LogP) is 5.17. The Morgan fingerprint density at radius 3 is 1.79 bits per heavy atom. The number of hydrogen-bond donors (Lipinski definition) is 0. The molecule has 1 heterocycles. The molecular weight excluding hydrogens is 416 g/mol. The molecule has 174 valence electrons. The van der Waals surface area contributed by atoms with E-state index in [-0.39, 0.29) is 18.3 Å². The summed E-state index contributed by atoms with van der Waals surface area (Å²) in [5, 5.41) is 0. The highest BCUT2D eigenvalue weighted by Gasteiger charge is 2.46. The number of rotatable bonds is 11. The van der Waals surface area contributed by atoms with Crippen LogP contribution in [0.1, 0.15) is 23.6 Å². The molecule has 33 heavy (non-hydrogen) atoms. The summed E-state index contributed by atoms with van der Waals surface area (Å²) in [5.74, 6) is 0.833. The lowest BCUT2D eigenvalue weighted by Gasteiger charge is -2.25. The van der Waals surface area contributed by atoms with Crippen molar-refractivity contribution in [1.29, 1.82) is 0 Å². The van der Waals surface area contributed by atoms with Crippen LogP contribution < -0.4 is 4.74 Å². The van der Waals surface area contributed by atoms with Crippen molar-refractivity contribution in [2.75, 3.05) is 13.7 Å². The van der Waals surface area contributed by atoms with Gasteiger partial charge in [-0.2, -0.15) is 0 Å². The molecule has 0 aromatic heterocycles. The van der Waals surface area contributed by atoms with Gasteiger partial charge in [0.1, 0.15) is 18.0 Å². The predicted molar refractivity (Wildman–Crippen MR) is 127 cm³/mol. The third kappa shape index (κ3) is 6.42. The molecular formula is C28H32O5. The summed E-state index contributed by atoms with van der Waals surface area (Å²) in [7, 11) is 1.67. The molecule has 0 saturated carbocycles. The van der Waals surface area contributed by atoms with E-state index < -0.39 is 6.29 Å². The molecule has 0 unspecified atom stereocenters. The maximum Gasteiger partial charge on any atom is 0.186 e. The average molecular weight is 449 g/mol. The molecule has 0 aliphatic carbocycles. The van der Waals surface area contributed by atoms with Gasteiger partial charge in [0.15, 0.2) is 6.29 Å². The first-order valence-electron chi connectivity index (χ1n) is 11.5. The highest BCUT2D eigenvalue weighted by atomic mass is 16.7. The fraction of sp³-hybridized carbons (Fsp3) is 0.357. The van der Waals surface area contributed by atoms with Gasteiger partial charge in [-0.1, -0.05) is 72.8 Å². The first-order chi connectivity index (χ1) is 16.3. The number of ether oxygens (including phenoxy) is 5. The Bertz CT molecular complexity index is 945. The second kappa shape index (κ2) is 12.0. The van der Waals surface area contributed by atoms with E-state index in [4.69, 9.17) is 23.7 Å². The SMILES string of the molecule is CCO[C@@H]1O[C@@H](Cc2ccc(OC)cc2)[C@H](OCc2ccccc2)[C@H]1OCc1ccccc1. The maximum absolute atomic E-state index is 6.44. The molecule has 0 bridgehead atoms. The van der Waals surface area contributed by atoms with Crippen LogP contribution in [-0.4, -0.2) is 38.3 Å². The zero-order valence-corrected chi connectivity index (χ0v) is 19.3. The molecule has 3 aromatic carbocycles. The summed E-state index contributed by atoms with van der Waals surface area (Å²) in [6, 6.07) is 28.4. The summed E-state index contributed by atoms with van der Waals surface area (Å²) < 4.78 is 30.4. The fourth-order valence-corrected chi connectivity index (χ4v) is 4.06. The average Bonchev–Trinajstić information content (AvgIpc) is 3.19. The van der Waals surface area contributed by atoms with E-state index in [0.29, 0.717) is 26.2 Å². The lowest BCUT2D eigenvalue weighted by molar-refractivity contribution is -0.178. The van der Waals surface area contributed by atoms with Gasteiger partial charge in [-0.25, -0.2) is 0 Å². The third-order valence-corrected chi connectivity index (χ3v) is 5.76. The number of benzene rings is 3. The Hall–Kier alpha value is -2.70. The zero-order chi connectivity index (χ0) is 22.9. The van der Waals surface area contributed by atoms with Crippen LogP contribution >= 0.6 is 0 Å². The Kier molecular flexibility index (Phi) is 8.50. The largest absolute Gasteiger partial charge is 0.497 e. The molecule has 1 aliphatic rings. The van der Waals surface area contributed by atoms with Gasteiger partial charge >= 0.3 is 0 Å². The van der Waals surface area contributed by atoms with Crippen molar-refractivity contribution in [3.8, 4) is 5.75 Å². The van der Waals surface area contributed by atoms with Gasteiger partial charge in [0.25, 0.3) is 0 Å². The minimum atomic E-state index is -0.484. The highest BCUT2D eigenvalue weighted by molar-refractivity contribution is 5.28. The van der Waals surface area contributed by atoms with Crippen molar-refractivity contribution in [2.24, 2.45) is 0 Å². The Balaban J connectivity index is 1.52. The first kappa shape index (κ1) is 23.5. The minimum Gasteiger partial charge on any atom is -0.497 e. The minimum absolute atomic E-state index is 0.195. The van der Waals surface area contributed by atoms with E-state index in [1.54, 1.807) is 7.11 Å².